The van der Waals surface area contributed by atoms with Crippen molar-refractivity contribution in [2.75, 3.05) is 10.6 Å². The standard InChI is InChI=1S/C20H18FN3O/c1-13-5-3-6-14(2)18(13)24-20(25)17-7-4-12-22-19(17)23-16-10-8-15(21)9-11-16/h3-12H,1-2H3,(H,22,23)(H,24,25). The van der Waals surface area contributed by atoms with Crippen LogP contribution in [-0.2, 0) is 0 Å². The number of para-hydroxylation sites is 1. The molecule has 126 valence electrons. The van der Waals surface area contributed by atoms with Crippen molar-refractivity contribution >= 4 is 23.1 Å². The lowest BCUT2D eigenvalue weighted by atomic mass is 10.1. The van der Waals surface area contributed by atoms with Crippen LogP contribution in [0.5, 0.6) is 0 Å². The Bertz CT molecular complexity index is 887. The SMILES string of the molecule is Cc1cccc(C)c1NC(=O)c1cccnc1Nc1ccc(F)cc1. The van der Waals surface area contributed by atoms with Crippen LogP contribution < -0.4 is 10.6 Å². The van der Waals surface area contributed by atoms with Gasteiger partial charge >= 0.3 is 0 Å². The summed E-state index contributed by atoms with van der Waals surface area (Å²) in [5, 5.41) is 6.01. The monoisotopic (exact) mass is 335 g/mol. The summed E-state index contributed by atoms with van der Waals surface area (Å²) in [5.41, 5.74) is 3.84. The molecule has 0 bridgehead atoms. The van der Waals surface area contributed by atoms with Crippen LogP contribution in [0, 0.1) is 19.7 Å². The Morgan fingerprint density at radius 2 is 1.64 bits per heavy atom. The minimum Gasteiger partial charge on any atom is -0.340 e. The van der Waals surface area contributed by atoms with Gasteiger partial charge in [-0.25, -0.2) is 9.37 Å². The normalized spacial score (nSPS) is 10.4. The summed E-state index contributed by atoms with van der Waals surface area (Å²) in [4.78, 5) is 17.0. The fraction of sp³-hybridized carbons (Fsp3) is 0.100. The molecule has 1 amide bonds. The molecule has 0 radical (unpaired) electrons. The van der Waals surface area contributed by atoms with Gasteiger partial charge < -0.3 is 10.6 Å². The molecule has 0 aliphatic rings. The smallest absolute Gasteiger partial charge is 0.259 e. The average molecular weight is 335 g/mol. The maximum absolute atomic E-state index is 13.0. The number of nitrogens with one attached hydrogen (secondary N) is 2. The maximum atomic E-state index is 13.0. The molecule has 2 N–H and O–H groups in total. The second-order valence-corrected chi connectivity index (χ2v) is 5.75. The Morgan fingerprint density at radius 1 is 0.960 bits per heavy atom. The maximum Gasteiger partial charge on any atom is 0.259 e. The van der Waals surface area contributed by atoms with Crippen LogP contribution in [0.2, 0.25) is 0 Å². The Kier molecular flexibility index (Phi) is 4.75. The van der Waals surface area contributed by atoms with Gasteiger partial charge in [-0.15, -0.1) is 0 Å². The van der Waals surface area contributed by atoms with E-state index in [-0.39, 0.29) is 11.7 Å². The molecule has 1 heterocycles. The fourth-order valence-electron chi connectivity index (χ4n) is 2.55. The van der Waals surface area contributed by atoms with E-state index in [9.17, 15) is 9.18 Å². The average Bonchev–Trinajstić information content (AvgIpc) is 2.60. The van der Waals surface area contributed by atoms with Crippen molar-refractivity contribution in [3.8, 4) is 0 Å². The molecule has 0 fully saturated rings. The van der Waals surface area contributed by atoms with Crippen LogP contribution >= 0.6 is 0 Å². The number of amides is 1. The number of nitrogens with zero attached hydrogens (tertiary/aromatic N) is 1. The van der Waals surface area contributed by atoms with E-state index in [1.54, 1.807) is 30.5 Å². The summed E-state index contributed by atoms with van der Waals surface area (Å²) >= 11 is 0. The molecule has 4 nitrogen and oxygen atoms in total. The van der Waals surface area contributed by atoms with E-state index < -0.39 is 0 Å². The summed E-state index contributed by atoms with van der Waals surface area (Å²) < 4.78 is 13.0. The molecule has 5 heteroatoms. The molecule has 3 aromatic rings. The lowest BCUT2D eigenvalue weighted by molar-refractivity contribution is 0.102. The van der Waals surface area contributed by atoms with Gasteiger partial charge in [-0.1, -0.05) is 18.2 Å². The molecular weight excluding hydrogens is 317 g/mol. The highest BCUT2D eigenvalue weighted by Gasteiger charge is 2.14. The number of halogens is 1. The highest BCUT2D eigenvalue weighted by atomic mass is 19.1. The molecular formula is C20H18FN3O. The number of hydrogen-bond donors (Lipinski definition) is 2. The van der Waals surface area contributed by atoms with Gasteiger partial charge in [-0.2, -0.15) is 0 Å². The van der Waals surface area contributed by atoms with Crippen LogP contribution in [-0.4, -0.2) is 10.9 Å². The molecule has 1 aromatic heterocycles. The number of rotatable bonds is 4. The molecule has 0 saturated heterocycles. The third-order valence-corrected chi connectivity index (χ3v) is 3.88. The zero-order valence-corrected chi connectivity index (χ0v) is 14.0. The van der Waals surface area contributed by atoms with Gasteiger partial charge in [0.1, 0.15) is 11.6 Å². The number of anilines is 3. The van der Waals surface area contributed by atoms with E-state index in [2.05, 4.69) is 15.6 Å². The van der Waals surface area contributed by atoms with Gasteiger partial charge in [0.2, 0.25) is 0 Å². The third-order valence-electron chi connectivity index (χ3n) is 3.88. The number of benzene rings is 2. The summed E-state index contributed by atoms with van der Waals surface area (Å²) in [6.07, 6.45) is 1.60. The molecule has 0 saturated carbocycles. The van der Waals surface area contributed by atoms with E-state index in [0.29, 0.717) is 17.1 Å². The van der Waals surface area contributed by atoms with Crippen LogP contribution in [0.3, 0.4) is 0 Å². The predicted octanol–water partition coefficient (Wildman–Crippen LogP) is 4.83. The van der Waals surface area contributed by atoms with Crippen molar-refractivity contribution in [1.82, 2.24) is 4.98 Å². The van der Waals surface area contributed by atoms with E-state index >= 15 is 0 Å². The first-order valence-electron chi connectivity index (χ1n) is 7.90. The van der Waals surface area contributed by atoms with Gasteiger partial charge in [-0.3, -0.25) is 4.79 Å². The minimum absolute atomic E-state index is 0.255. The first-order chi connectivity index (χ1) is 12.0. The number of aryl methyl sites for hydroxylation is 2. The largest absolute Gasteiger partial charge is 0.340 e. The minimum atomic E-state index is -0.320. The Balaban J connectivity index is 1.87. The Hall–Kier alpha value is -3.21. The Morgan fingerprint density at radius 3 is 2.32 bits per heavy atom. The zero-order chi connectivity index (χ0) is 17.8. The van der Waals surface area contributed by atoms with Crippen molar-refractivity contribution in [1.29, 1.82) is 0 Å². The van der Waals surface area contributed by atoms with E-state index in [1.165, 1.54) is 12.1 Å². The topological polar surface area (TPSA) is 54.0 Å². The highest BCUT2D eigenvalue weighted by Crippen LogP contribution is 2.23. The van der Waals surface area contributed by atoms with Crippen LogP contribution in [0.4, 0.5) is 21.6 Å². The lowest BCUT2D eigenvalue weighted by Crippen LogP contribution is -2.16. The lowest BCUT2D eigenvalue weighted by Gasteiger charge is -2.14. The molecule has 25 heavy (non-hydrogen) atoms. The summed E-state index contributed by atoms with van der Waals surface area (Å²) in [7, 11) is 0. The second-order valence-electron chi connectivity index (χ2n) is 5.75. The first kappa shape index (κ1) is 16.6. The Labute approximate surface area is 145 Å². The number of hydrogen-bond acceptors (Lipinski definition) is 3. The van der Waals surface area contributed by atoms with E-state index in [0.717, 1.165) is 16.8 Å². The molecule has 0 spiro atoms. The van der Waals surface area contributed by atoms with Gasteiger partial charge in [0, 0.05) is 17.6 Å². The first-order valence-corrected chi connectivity index (χ1v) is 7.90. The van der Waals surface area contributed by atoms with Crippen molar-refractivity contribution in [2.24, 2.45) is 0 Å². The third kappa shape index (κ3) is 3.83. The molecule has 0 aliphatic heterocycles. The number of aromatic nitrogens is 1. The van der Waals surface area contributed by atoms with Gasteiger partial charge in [0.05, 0.1) is 5.56 Å². The van der Waals surface area contributed by atoms with Crippen LogP contribution in [0.1, 0.15) is 21.5 Å². The van der Waals surface area contributed by atoms with Crippen molar-refractivity contribution in [2.45, 2.75) is 13.8 Å². The fourth-order valence-corrected chi connectivity index (χ4v) is 2.55. The van der Waals surface area contributed by atoms with Gasteiger partial charge in [-0.05, 0) is 61.4 Å². The predicted molar refractivity (Wildman–Crippen MR) is 97.8 cm³/mol. The van der Waals surface area contributed by atoms with Crippen molar-refractivity contribution in [3.05, 3.63) is 83.3 Å². The van der Waals surface area contributed by atoms with Crippen molar-refractivity contribution in [3.63, 3.8) is 0 Å². The van der Waals surface area contributed by atoms with Gasteiger partial charge in [0.15, 0.2) is 0 Å². The number of carbonyl (C=O) groups is 1. The summed E-state index contributed by atoms with van der Waals surface area (Å²) in [6, 6.07) is 15.1. The molecule has 2 aromatic carbocycles. The van der Waals surface area contributed by atoms with E-state index in [1.807, 2.05) is 32.0 Å². The molecule has 3 rings (SSSR count). The number of pyridine rings is 1. The summed E-state index contributed by atoms with van der Waals surface area (Å²) in [6.45, 7) is 3.90. The van der Waals surface area contributed by atoms with Crippen LogP contribution in [0.25, 0.3) is 0 Å². The zero-order valence-electron chi connectivity index (χ0n) is 14.0. The van der Waals surface area contributed by atoms with Crippen LogP contribution in [0.15, 0.2) is 60.8 Å². The van der Waals surface area contributed by atoms with Crippen molar-refractivity contribution < 1.29 is 9.18 Å². The quantitative estimate of drug-likeness (QED) is 0.718. The second kappa shape index (κ2) is 7.13. The molecule has 0 unspecified atom stereocenters. The van der Waals surface area contributed by atoms with E-state index in [4.69, 9.17) is 0 Å². The van der Waals surface area contributed by atoms with Gasteiger partial charge in [0.25, 0.3) is 5.91 Å². The molecule has 0 aliphatic carbocycles. The molecule has 0 atom stereocenters. The summed E-state index contributed by atoms with van der Waals surface area (Å²) in [5.74, 6) is -0.160. The highest BCUT2D eigenvalue weighted by molar-refractivity contribution is 6.08. The number of carbonyl (C=O) groups excluding carboxylic acids is 1.